The molecule has 2 unspecified atom stereocenters. The molecular weight excluding hydrogens is 252 g/mol. The predicted molar refractivity (Wildman–Crippen MR) is 72.0 cm³/mol. The van der Waals surface area contributed by atoms with Crippen LogP contribution in [0.2, 0.25) is 5.02 Å². The van der Waals surface area contributed by atoms with E-state index in [2.05, 4.69) is 12.2 Å². The second kappa shape index (κ2) is 5.59. The molecule has 1 amide bonds. The van der Waals surface area contributed by atoms with Gasteiger partial charge in [0.05, 0.1) is 22.8 Å². The van der Waals surface area contributed by atoms with E-state index in [0.717, 1.165) is 25.1 Å². The smallest absolute Gasteiger partial charge is 0.250 e. The lowest BCUT2D eigenvalue weighted by molar-refractivity contribution is 0.0637. The van der Waals surface area contributed by atoms with E-state index in [4.69, 9.17) is 22.1 Å². The van der Waals surface area contributed by atoms with Gasteiger partial charge in [-0.1, -0.05) is 11.6 Å². The molecule has 5 heteroatoms. The van der Waals surface area contributed by atoms with Crippen molar-refractivity contribution >= 4 is 23.2 Å². The van der Waals surface area contributed by atoms with E-state index in [1.54, 1.807) is 12.1 Å². The number of amides is 1. The fraction of sp³-hybridized carbons (Fsp3) is 0.462. The largest absolute Gasteiger partial charge is 0.382 e. The van der Waals surface area contributed by atoms with Crippen molar-refractivity contribution < 1.29 is 9.53 Å². The number of benzene rings is 1. The minimum Gasteiger partial charge on any atom is -0.382 e. The highest BCUT2D eigenvalue weighted by Crippen LogP contribution is 2.22. The molecule has 0 aliphatic carbocycles. The maximum absolute atomic E-state index is 11.2. The predicted octanol–water partition coefficient (Wildman–Crippen LogP) is 2.42. The lowest BCUT2D eigenvalue weighted by Gasteiger charge is -2.14. The minimum atomic E-state index is -0.519. The van der Waals surface area contributed by atoms with Gasteiger partial charge in [-0.2, -0.15) is 0 Å². The van der Waals surface area contributed by atoms with E-state index in [1.165, 1.54) is 0 Å². The molecule has 1 aliphatic heterocycles. The molecule has 2 rings (SSSR count). The average Bonchev–Trinajstić information content (AvgIpc) is 2.74. The average molecular weight is 269 g/mol. The molecule has 0 saturated carbocycles. The molecule has 1 saturated heterocycles. The number of hydrogen-bond acceptors (Lipinski definition) is 3. The number of carbonyl (C=O) groups excluding carboxylic acids is 1. The van der Waals surface area contributed by atoms with Crippen molar-refractivity contribution in [3.63, 3.8) is 0 Å². The fourth-order valence-corrected chi connectivity index (χ4v) is 2.30. The first-order valence-electron chi connectivity index (χ1n) is 6.05. The lowest BCUT2D eigenvalue weighted by atomic mass is 10.1. The molecule has 2 atom stereocenters. The second-order valence-electron chi connectivity index (χ2n) is 4.59. The van der Waals surface area contributed by atoms with Crippen LogP contribution in [0.25, 0.3) is 0 Å². The highest BCUT2D eigenvalue weighted by Gasteiger charge is 2.21. The minimum absolute atomic E-state index is 0.229. The first-order chi connectivity index (χ1) is 8.56. The monoisotopic (exact) mass is 268 g/mol. The summed E-state index contributed by atoms with van der Waals surface area (Å²) in [5, 5.41) is 3.61. The molecule has 1 aromatic carbocycles. The fourth-order valence-electron chi connectivity index (χ4n) is 2.09. The molecule has 98 valence electrons. The molecule has 1 aromatic rings. The number of anilines is 1. The third-order valence-electron chi connectivity index (χ3n) is 3.09. The normalized spacial score (nSPS) is 23.0. The van der Waals surface area contributed by atoms with Gasteiger partial charge in [-0.05, 0) is 38.0 Å². The van der Waals surface area contributed by atoms with Gasteiger partial charge >= 0.3 is 0 Å². The van der Waals surface area contributed by atoms with Crippen LogP contribution in [0.15, 0.2) is 18.2 Å². The summed E-state index contributed by atoms with van der Waals surface area (Å²) in [5.74, 6) is -0.519. The maximum atomic E-state index is 11.2. The van der Waals surface area contributed by atoms with Crippen LogP contribution in [0.4, 0.5) is 5.69 Å². The maximum Gasteiger partial charge on any atom is 0.250 e. The topological polar surface area (TPSA) is 64.3 Å². The van der Waals surface area contributed by atoms with Crippen LogP contribution < -0.4 is 11.1 Å². The lowest BCUT2D eigenvalue weighted by Crippen LogP contribution is -2.20. The summed E-state index contributed by atoms with van der Waals surface area (Å²) in [6.07, 6.45) is 2.72. The number of ether oxygens (including phenoxy) is 1. The highest BCUT2D eigenvalue weighted by molar-refractivity contribution is 6.33. The van der Waals surface area contributed by atoms with Gasteiger partial charge in [-0.3, -0.25) is 4.79 Å². The van der Waals surface area contributed by atoms with Crippen LogP contribution in [-0.2, 0) is 4.74 Å². The standard InChI is InChI=1S/C13H17ClN2O2/c1-8-2-4-10(18-8)7-16-9-3-5-12(14)11(6-9)13(15)17/h3,5-6,8,10,16H,2,4,7H2,1H3,(H2,15,17). The van der Waals surface area contributed by atoms with Crippen molar-refractivity contribution in [1.82, 2.24) is 0 Å². The molecular formula is C13H17ClN2O2. The van der Waals surface area contributed by atoms with Gasteiger partial charge < -0.3 is 15.8 Å². The van der Waals surface area contributed by atoms with Gasteiger partial charge in [0, 0.05) is 12.2 Å². The summed E-state index contributed by atoms with van der Waals surface area (Å²) in [7, 11) is 0. The quantitative estimate of drug-likeness (QED) is 0.881. The Hall–Kier alpha value is -1.26. The zero-order chi connectivity index (χ0) is 13.1. The van der Waals surface area contributed by atoms with Crippen LogP contribution in [0.3, 0.4) is 0 Å². The highest BCUT2D eigenvalue weighted by atomic mass is 35.5. The van der Waals surface area contributed by atoms with Gasteiger partial charge in [0.2, 0.25) is 5.91 Å². The number of nitrogens with two attached hydrogens (primary N) is 1. The third-order valence-corrected chi connectivity index (χ3v) is 3.42. The zero-order valence-electron chi connectivity index (χ0n) is 10.3. The number of rotatable bonds is 4. The molecule has 0 aromatic heterocycles. The first kappa shape index (κ1) is 13.2. The first-order valence-corrected chi connectivity index (χ1v) is 6.42. The number of hydrogen-bond donors (Lipinski definition) is 2. The van der Waals surface area contributed by atoms with Gasteiger partial charge in [0.25, 0.3) is 0 Å². The Balaban J connectivity index is 1.97. The number of halogens is 1. The number of carbonyl (C=O) groups is 1. The summed E-state index contributed by atoms with van der Waals surface area (Å²) in [4.78, 5) is 11.2. The van der Waals surface area contributed by atoms with E-state index in [-0.39, 0.29) is 6.10 Å². The Morgan fingerprint density at radius 3 is 2.94 bits per heavy atom. The molecule has 0 bridgehead atoms. The molecule has 0 spiro atoms. The van der Waals surface area contributed by atoms with Crippen molar-refractivity contribution in [3.05, 3.63) is 28.8 Å². The third kappa shape index (κ3) is 3.15. The Labute approximate surface area is 111 Å². The van der Waals surface area contributed by atoms with Crippen molar-refractivity contribution in [2.24, 2.45) is 5.73 Å². The van der Waals surface area contributed by atoms with Crippen molar-refractivity contribution in [3.8, 4) is 0 Å². The molecule has 0 radical (unpaired) electrons. The van der Waals surface area contributed by atoms with Gasteiger partial charge in [-0.25, -0.2) is 0 Å². The Morgan fingerprint density at radius 1 is 1.56 bits per heavy atom. The molecule has 18 heavy (non-hydrogen) atoms. The van der Waals surface area contributed by atoms with Gasteiger partial charge in [0.1, 0.15) is 0 Å². The Bertz CT molecular complexity index is 451. The van der Waals surface area contributed by atoms with E-state index in [1.807, 2.05) is 6.07 Å². The number of primary amides is 1. The van der Waals surface area contributed by atoms with E-state index < -0.39 is 5.91 Å². The zero-order valence-corrected chi connectivity index (χ0v) is 11.0. The number of nitrogens with one attached hydrogen (secondary N) is 1. The Morgan fingerprint density at radius 2 is 2.33 bits per heavy atom. The summed E-state index contributed by atoms with van der Waals surface area (Å²) in [6, 6.07) is 5.16. The summed E-state index contributed by atoms with van der Waals surface area (Å²) in [6.45, 7) is 2.80. The SMILES string of the molecule is CC1CCC(CNc2ccc(Cl)c(C(N)=O)c2)O1. The van der Waals surface area contributed by atoms with E-state index in [9.17, 15) is 4.79 Å². The van der Waals surface area contributed by atoms with Crippen LogP contribution in [0, 0.1) is 0 Å². The molecule has 4 nitrogen and oxygen atoms in total. The van der Waals surface area contributed by atoms with Crippen LogP contribution in [-0.4, -0.2) is 24.7 Å². The van der Waals surface area contributed by atoms with E-state index in [0.29, 0.717) is 16.7 Å². The molecule has 3 N–H and O–H groups in total. The molecule has 1 fully saturated rings. The van der Waals surface area contributed by atoms with Gasteiger partial charge in [0.15, 0.2) is 0 Å². The molecule has 1 aliphatic rings. The van der Waals surface area contributed by atoms with Crippen molar-refractivity contribution in [2.45, 2.75) is 32.0 Å². The van der Waals surface area contributed by atoms with Gasteiger partial charge in [-0.15, -0.1) is 0 Å². The van der Waals surface area contributed by atoms with Crippen LogP contribution >= 0.6 is 11.6 Å². The Kier molecular flexibility index (Phi) is 4.09. The van der Waals surface area contributed by atoms with Crippen LogP contribution in [0.5, 0.6) is 0 Å². The van der Waals surface area contributed by atoms with Crippen LogP contribution in [0.1, 0.15) is 30.1 Å². The van der Waals surface area contributed by atoms with Crippen molar-refractivity contribution in [2.75, 3.05) is 11.9 Å². The van der Waals surface area contributed by atoms with Crippen molar-refractivity contribution in [1.29, 1.82) is 0 Å². The second-order valence-corrected chi connectivity index (χ2v) is 4.99. The molecule has 1 heterocycles. The summed E-state index contributed by atoms with van der Waals surface area (Å²) < 4.78 is 5.70. The summed E-state index contributed by atoms with van der Waals surface area (Å²) in [5.41, 5.74) is 6.41. The van der Waals surface area contributed by atoms with E-state index >= 15 is 0 Å². The summed E-state index contributed by atoms with van der Waals surface area (Å²) >= 11 is 5.88.